The average Bonchev–Trinajstić information content (AvgIpc) is 2.66. The minimum atomic E-state index is 0.537. The van der Waals surface area contributed by atoms with Gasteiger partial charge in [0.15, 0.2) is 0 Å². The molecule has 0 aliphatic rings. The summed E-state index contributed by atoms with van der Waals surface area (Å²) in [6.07, 6.45) is 2.38. The van der Waals surface area contributed by atoms with E-state index in [1.165, 1.54) is 16.9 Å². The van der Waals surface area contributed by atoms with Crippen molar-refractivity contribution in [3.63, 3.8) is 0 Å². The molecule has 1 nitrogen and oxygen atoms in total. The molecule has 2 atom stereocenters. The highest BCUT2D eigenvalue weighted by Gasteiger charge is 2.19. The van der Waals surface area contributed by atoms with Crippen LogP contribution in [0.25, 0.3) is 0 Å². The van der Waals surface area contributed by atoms with E-state index in [0.717, 1.165) is 6.42 Å². The van der Waals surface area contributed by atoms with Gasteiger partial charge in [-0.25, -0.2) is 0 Å². The molecule has 1 aromatic heterocycles. The van der Waals surface area contributed by atoms with Crippen molar-refractivity contribution in [2.24, 2.45) is 5.92 Å². The molecule has 0 aliphatic heterocycles. The van der Waals surface area contributed by atoms with Crippen molar-refractivity contribution in [3.05, 3.63) is 21.9 Å². The standard InChI is InChI=1S/C12H21NS/c1-5-9(3)11(13-4)12-10(6-2)7-8-14-12/h7-9,11,13H,5-6H2,1-4H3. The van der Waals surface area contributed by atoms with Crippen molar-refractivity contribution < 1.29 is 0 Å². The second-order valence-corrected chi connectivity index (χ2v) is 4.76. The summed E-state index contributed by atoms with van der Waals surface area (Å²) in [7, 11) is 2.07. The highest BCUT2D eigenvalue weighted by atomic mass is 32.1. The largest absolute Gasteiger partial charge is 0.312 e. The number of thiophene rings is 1. The van der Waals surface area contributed by atoms with E-state index in [1.807, 2.05) is 11.3 Å². The molecule has 80 valence electrons. The fourth-order valence-electron chi connectivity index (χ4n) is 1.82. The minimum absolute atomic E-state index is 0.537. The maximum Gasteiger partial charge on any atom is 0.0441 e. The molecular weight excluding hydrogens is 190 g/mol. The molecule has 14 heavy (non-hydrogen) atoms. The molecule has 0 saturated carbocycles. The first-order valence-corrected chi connectivity index (χ1v) is 6.36. The molecule has 1 heterocycles. The summed E-state index contributed by atoms with van der Waals surface area (Å²) in [5.41, 5.74) is 1.51. The third-order valence-corrected chi connectivity index (χ3v) is 4.01. The molecule has 1 aromatic rings. The molecule has 0 fully saturated rings. The Kier molecular flexibility index (Phi) is 4.63. The summed E-state index contributed by atoms with van der Waals surface area (Å²) in [6, 6.07) is 2.79. The Hall–Kier alpha value is -0.340. The van der Waals surface area contributed by atoms with Gasteiger partial charge in [-0.05, 0) is 36.4 Å². The van der Waals surface area contributed by atoms with E-state index >= 15 is 0 Å². The molecular formula is C12H21NS. The van der Waals surface area contributed by atoms with Crippen LogP contribution in [-0.4, -0.2) is 7.05 Å². The quantitative estimate of drug-likeness (QED) is 0.784. The molecule has 0 saturated heterocycles. The lowest BCUT2D eigenvalue weighted by molar-refractivity contribution is 0.404. The second kappa shape index (κ2) is 5.52. The number of rotatable bonds is 5. The molecule has 0 amide bonds. The van der Waals surface area contributed by atoms with Gasteiger partial charge in [-0.2, -0.15) is 0 Å². The van der Waals surface area contributed by atoms with E-state index in [1.54, 1.807) is 0 Å². The van der Waals surface area contributed by atoms with Gasteiger partial charge >= 0.3 is 0 Å². The number of aryl methyl sites for hydroxylation is 1. The smallest absolute Gasteiger partial charge is 0.0441 e. The fourth-order valence-corrected chi connectivity index (χ4v) is 3.06. The lowest BCUT2D eigenvalue weighted by atomic mass is 9.95. The van der Waals surface area contributed by atoms with Crippen LogP contribution in [0.1, 0.15) is 43.7 Å². The highest BCUT2D eigenvalue weighted by molar-refractivity contribution is 7.10. The zero-order valence-electron chi connectivity index (χ0n) is 9.63. The van der Waals surface area contributed by atoms with Crippen molar-refractivity contribution in [1.82, 2.24) is 5.32 Å². The summed E-state index contributed by atoms with van der Waals surface area (Å²) in [6.45, 7) is 6.81. The molecule has 2 heteroatoms. The minimum Gasteiger partial charge on any atom is -0.312 e. The van der Waals surface area contributed by atoms with Gasteiger partial charge in [-0.3, -0.25) is 0 Å². The summed E-state index contributed by atoms with van der Waals surface area (Å²) < 4.78 is 0. The lowest BCUT2D eigenvalue weighted by Gasteiger charge is -2.22. The Bertz CT molecular complexity index is 267. The molecule has 1 N–H and O–H groups in total. The Morgan fingerprint density at radius 3 is 2.64 bits per heavy atom. The monoisotopic (exact) mass is 211 g/mol. The van der Waals surface area contributed by atoms with Crippen LogP contribution in [0.5, 0.6) is 0 Å². The second-order valence-electron chi connectivity index (χ2n) is 3.82. The summed E-state index contributed by atoms with van der Waals surface area (Å²) in [5, 5.41) is 5.65. The SMILES string of the molecule is CCc1ccsc1C(NC)C(C)CC. The predicted molar refractivity (Wildman–Crippen MR) is 65.0 cm³/mol. The van der Waals surface area contributed by atoms with E-state index in [9.17, 15) is 0 Å². The Morgan fingerprint density at radius 1 is 1.43 bits per heavy atom. The summed E-state index contributed by atoms with van der Waals surface area (Å²) >= 11 is 1.89. The van der Waals surface area contributed by atoms with Gasteiger partial charge in [0.25, 0.3) is 0 Å². The maximum absolute atomic E-state index is 3.44. The molecule has 0 aliphatic carbocycles. The van der Waals surface area contributed by atoms with E-state index in [4.69, 9.17) is 0 Å². The van der Waals surface area contributed by atoms with Gasteiger partial charge < -0.3 is 5.32 Å². The van der Waals surface area contributed by atoms with Crippen LogP contribution in [0.3, 0.4) is 0 Å². The first kappa shape index (κ1) is 11.7. The van der Waals surface area contributed by atoms with Crippen molar-refractivity contribution in [3.8, 4) is 0 Å². The van der Waals surface area contributed by atoms with E-state index in [0.29, 0.717) is 12.0 Å². The fraction of sp³-hybridized carbons (Fsp3) is 0.667. The first-order valence-electron chi connectivity index (χ1n) is 5.48. The predicted octanol–water partition coefficient (Wildman–Crippen LogP) is 3.62. The van der Waals surface area contributed by atoms with E-state index in [2.05, 4.69) is 44.6 Å². The van der Waals surface area contributed by atoms with Crippen LogP contribution in [0.4, 0.5) is 0 Å². The molecule has 0 spiro atoms. The molecule has 0 aromatic carbocycles. The third-order valence-electron chi connectivity index (χ3n) is 2.97. The van der Waals surface area contributed by atoms with Crippen molar-refractivity contribution in [1.29, 1.82) is 0 Å². The van der Waals surface area contributed by atoms with Gasteiger partial charge in [0.1, 0.15) is 0 Å². The van der Waals surface area contributed by atoms with Crippen molar-refractivity contribution >= 4 is 11.3 Å². The van der Waals surface area contributed by atoms with Gasteiger partial charge in [0, 0.05) is 10.9 Å². The van der Waals surface area contributed by atoms with Crippen LogP contribution in [0.2, 0.25) is 0 Å². The molecule has 2 unspecified atom stereocenters. The maximum atomic E-state index is 3.44. The van der Waals surface area contributed by atoms with Crippen LogP contribution in [0.15, 0.2) is 11.4 Å². The van der Waals surface area contributed by atoms with Crippen LogP contribution >= 0.6 is 11.3 Å². The normalized spacial score (nSPS) is 15.4. The molecule has 0 bridgehead atoms. The van der Waals surface area contributed by atoms with Crippen molar-refractivity contribution in [2.45, 2.75) is 39.7 Å². The summed E-state index contributed by atoms with van der Waals surface area (Å²) in [4.78, 5) is 1.53. The Morgan fingerprint density at radius 2 is 2.14 bits per heavy atom. The number of hydrogen-bond donors (Lipinski definition) is 1. The van der Waals surface area contributed by atoms with Gasteiger partial charge in [0.2, 0.25) is 0 Å². The van der Waals surface area contributed by atoms with Crippen LogP contribution < -0.4 is 5.32 Å². The topological polar surface area (TPSA) is 12.0 Å². The van der Waals surface area contributed by atoms with Gasteiger partial charge in [-0.1, -0.05) is 27.2 Å². The van der Waals surface area contributed by atoms with Gasteiger partial charge in [-0.15, -0.1) is 11.3 Å². The van der Waals surface area contributed by atoms with Gasteiger partial charge in [0.05, 0.1) is 0 Å². The number of hydrogen-bond acceptors (Lipinski definition) is 2. The molecule has 1 rings (SSSR count). The third kappa shape index (κ3) is 2.37. The highest BCUT2D eigenvalue weighted by Crippen LogP contribution is 2.31. The van der Waals surface area contributed by atoms with Crippen LogP contribution in [-0.2, 0) is 6.42 Å². The lowest BCUT2D eigenvalue weighted by Crippen LogP contribution is -2.23. The summed E-state index contributed by atoms with van der Waals surface area (Å²) in [5.74, 6) is 0.712. The average molecular weight is 211 g/mol. The molecule has 0 radical (unpaired) electrons. The van der Waals surface area contributed by atoms with Crippen molar-refractivity contribution in [2.75, 3.05) is 7.05 Å². The Balaban J connectivity index is 2.88. The first-order chi connectivity index (χ1) is 6.74. The van der Waals surface area contributed by atoms with E-state index < -0.39 is 0 Å². The number of nitrogens with one attached hydrogen (secondary N) is 1. The van der Waals surface area contributed by atoms with Crippen LogP contribution in [0, 0.1) is 5.92 Å². The van der Waals surface area contributed by atoms with E-state index in [-0.39, 0.29) is 0 Å². The zero-order valence-corrected chi connectivity index (χ0v) is 10.4. The Labute approximate surface area is 91.5 Å². The zero-order chi connectivity index (χ0) is 10.6.